The average Bonchev–Trinajstić information content (AvgIpc) is 2.20. The highest BCUT2D eigenvalue weighted by Crippen LogP contribution is 1.95. The van der Waals surface area contributed by atoms with E-state index in [0.29, 0.717) is 6.42 Å². The summed E-state index contributed by atoms with van der Waals surface area (Å²) in [6, 6.07) is 9.52. The van der Waals surface area contributed by atoms with Crippen LogP contribution in [0.25, 0.3) is 0 Å². The van der Waals surface area contributed by atoms with E-state index in [-0.39, 0.29) is 12.4 Å². The summed E-state index contributed by atoms with van der Waals surface area (Å²) in [7, 11) is 0. The van der Waals surface area contributed by atoms with Gasteiger partial charge in [0.2, 0.25) is 0 Å². The molecule has 0 amide bonds. The molecule has 0 heterocycles. The first-order chi connectivity index (χ1) is 6.20. The fourth-order valence-corrected chi connectivity index (χ4v) is 0.583. The van der Waals surface area contributed by atoms with E-state index in [1.165, 1.54) is 0 Å². The van der Waals surface area contributed by atoms with Crippen LogP contribution in [0.2, 0.25) is 0 Å². The summed E-state index contributed by atoms with van der Waals surface area (Å²) in [5, 5.41) is 8.54. The SMILES string of the molecule is CCC(C)=O.OCc1ccccc1. The molecular formula is C11H16O2. The van der Waals surface area contributed by atoms with E-state index in [1.54, 1.807) is 6.92 Å². The highest BCUT2D eigenvalue weighted by atomic mass is 16.3. The maximum atomic E-state index is 9.81. The minimum Gasteiger partial charge on any atom is -0.392 e. The number of carbonyl (C=O) groups is 1. The molecule has 0 unspecified atom stereocenters. The van der Waals surface area contributed by atoms with Crippen LogP contribution >= 0.6 is 0 Å². The topological polar surface area (TPSA) is 37.3 Å². The molecule has 0 saturated carbocycles. The molecule has 1 aromatic carbocycles. The Kier molecular flexibility index (Phi) is 6.83. The minimum absolute atomic E-state index is 0.140. The van der Waals surface area contributed by atoms with Crippen molar-refractivity contribution in [1.82, 2.24) is 0 Å². The van der Waals surface area contributed by atoms with Gasteiger partial charge in [-0.1, -0.05) is 37.3 Å². The fraction of sp³-hybridized carbons (Fsp3) is 0.364. The van der Waals surface area contributed by atoms with Crippen molar-refractivity contribution in [1.29, 1.82) is 0 Å². The first-order valence-electron chi connectivity index (χ1n) is 4.35. The molecule has 0 spiro atoms. The Morgan fingerprint density at radius 2 is 1.77 bits per heavy atom. The van der Waals surface area contributed by atoms with Gasteiger partial charge < -0.3 is 9.90 Å². The van der Waals surface area contributed by atoms with Crippen LogP contribution in [0, 0.1) is 0 Å². The largest absolute Gasteiger partial charge is 0.392 e. The summed E-state index contributed by atoms with van der Waals surface area (Å²) < 4.78 is 0. The van der Waals surface area contributed by atoms with E-state index in [9.17, 15) is 4.79 Å². The molecule has 0 aliphatic heterocycles. The molecule has 0 fully saturated rings. The van der Waals surface area contributed by atoms with Gasteiger partial charge in [-0.15, -0.1) is 0 Å². The molecule has 2 nitrogen and oxygen atoms in total. The molecule has 0 aliphatic carbocycles. The van der Waals surface area contributed by atoms with Crippen molar-refractivity contribution in [3.8, 4) is 0 Å². The van der Waals surface area contributed by atoms with Crippen molar-refractivity contribution in [3.05, 3.63) is 35.9 Å². The first kappa shape index (κ1) is 11.8. The predicted molar refractivity (Wildman–Crippen MR) is 53.3 cm³/mol. The molecule has 0 aromatic heterocycles. The van der Waals surface area contributed by atoms with Gasteiger partial charge in [-0.2, -0.15) is 0 Å². The van der Waals surface area contributed by atoms with Gasteiger partial charge >= 0.3 is 0 Å². The summed E-state index contributed by atoms with van der Waals surface area (Å²) in [4.78, 5) is 9.81. The Morgan fingerprint density at radius 3 is 2.00 bits per heavy atom. The molecule has 0 aliphatic rings. The molecule has 0 radical (unpaired) electrons. The molecule has 0 atom stereocenters. The lowest BCUT2D eigenvalue weighted by Gasteiger charge is -1.89. The Morgan fingerprint density at radius 1 is 1.31 bits per heavy atom. The summed E-state index contributed by atoms with van der Waals surface area (Å²) >= 11 is 0. The zero-order chi connectivity index (χ0) is 10.1. The Balaban J connectivity index is 0.000000252. The molecule has 72 valence electrons. The van der Waals surface area contributed by atoms with Crippen molar-refractivity contribution >= 4 is 5.78 Å². The van der Waals surface area contributed by atoms with E-state index in [2.05, 4.69) is 0 Å². The summed E-state index contributed by atoms with van der Waals surface area (Å²) in [5.41, 5.74) is 0.965. The van der Waals surface area contributed by atoms with E-state index >= 15 is 0 Å². The van der Waals surface area contributed by atoms with E-state index < -0.39 is 0 Å². The Bertz CT molecular complexity index is 229. The quantitative estimate of drug-likeness (QED) is 0.757. The number of aliphatic hydroxyl groups is 1. The highest BCUT2D eigenvalue weighted by molar-refractivity contribution is 5.74. The molecule has 1 rings (SSSR count). The van der Waals surface area contributed by atoms with Crippen LogP contribution in [0.4, 0.5) is 0 Å². The number of ketones is 1. The van der Waals surface area contributed by atoms with Crippen molar-refractivity contribution in [2.45, 2.75) is 26.9 Å². The second-order valence-electron chi connectivity index (χ2n) is 2.70. The van der Waals surface area contributed by atoms with Gasteiger partial charge in [0.15, 0.2) is 0 Å². The van der Waals surface area contributed by atoms with Gasteiger partial charge in [0.1, 0.15) is 5.78 Å². The lowest BCUT2D eigenvalue weighted by Crippen LogP contribution is -1.80. The average molecular weight is 180 g/mol. The predicted octanol–water partition coefficient (Wildman–Crippen LogP) is 2.16. The van der Waals surface area contributed by atoms with E-state index in [4.69, 9.17) is 5.11 Å². The fourth-order valence-electron chi connectivity index (χ4n) is 0.583. The van der Waals surface area contributed by atoms with E-state index in [1.807, 2.05) is 37.3 Å². The molecule has 13 heavy (non-hydrogen) atoms. The number of hydrogen-bond donors (Lipinski definition) is 1. The molecule has 1 N–H and O–H groups in total. The van der Waals surface area contributed by atoms with Gasteiger partial charge in [0.25, 0.3) is 0 Å². The molecular weight excluding hydrogens is 164 g/mol. The second kappa shape index (κ2) is 7.50. The minimum atomic E-state index is 0.140. The number of carbonyl (C=O) groups excluding carboxylic acids is 1. The van der Waals surface area contributed by atoms with Crippen LogP contribution in [0.1, 0.15) is 25.8 Å². The number of rotatable bonds is 2. The maximum absolute atomic E-state index is 9.81. The molecule has 2 heteroatoms. The first-order valence-corrected chi connectivity index (χ1v) is 4.35. The lowest BCUT2D eigenvalue weighted by atomic mass is 10.2. The number of aliphatic hydroxyl groups excluding tert-OH is 1. The van der Waals surface area contributed by atoms with Gasteiger partial charge in [-0.3, -0.25) is 0 Å². The van der Waals surface area contributed by atoms with Crippen molar-refractivity contribution in [2.75, 3.05) is 0 Å². The monoisotopic (exact) mass is 180 g/mol. The molecule has 1 aromatic rings. The van der Waals surface area contributed by atoms with Gasteiger partial charge in [-0.05, 0) is 12.5 Å². The second-order valence-corrected chi connectivity index (χ2v) is 2.70. The van der Waals surface area contributed by atoms with Crippen LogP contribution < -0.4 is 0 Å². The van der Waals surface area contributed by atoms with Crippen LogP contribution in [-0.2, 0) is 11.4 Å². The highest BCUT2D eigenvalue weighted by Gasteiger charge is 1.81. The zero-order valence-corrected chi connectivity index (χ0v) is 8.16. The van der Waals surface area contributed by atoms with Gasteiger partial charge in [-0.25, -0.2) is 0 Å². The van der Waals surface area contributed by atoms with Crippen molar-refractivity contribution in [3.63, 3.8) is 0 Å². The smallest absolute Gasteiger partial charge is 0.129 e. The number of benzene rings is 1. The standard InChI is InChI=1S/C7H8O.C4H8O/c8-6-7-4-2-1-3-5-7;1-3-4(2)5/h1-5,8H,6H2;3H2,1-2H3. The van der Waals surface area contributed by atoms with Crippen LogP contribution in [0.3, 0.4) is 0 Å². The zero-order valence-electron chi connectivity index (χ0n) is 8.16. The summed E-state index contributed by atoms with van der Waals surface area (Å²) in [5.74, 6) is 0.255. The van der Waals surface area contributed by atoms with Crippen LogP contribution in [0.15, 0.2) is 30.3 Å². The summed E-state index contributed by atoms with van der Waals surface area (Å²) in [6.45, 7) is 3.57. The third kappa shape index (κ3) is 7.22. The normalized spacial score (nSPS) is 8.54. The van der Waals surface area contributed by atoms with Crippen LogP contribution in [-0.4, -0.2) is 10.9 Å². The third-order valence-electron chi connectivity index (χ3n) is 1.52. The Labute approximate surface area is 79.2 Å². The van der Waals surface area contributed by atoms with Gasteiger partial charge in [0, 0.05) is 6.42 Å². The van der Waals surface area contributed by atoms with Crippen molar-refractivity contribution < 1.29 is 9.90 Å². The maximum Gasteiger partial charge on any atom is 0.129 e. The Hall–Kier alpha value is -1.15. The lowest BCUT2D eigenvalue weighted by molar-refractivity contribution is -0.116. The summed E-state index contributed by atoms with van der Waals surface area (Å²) in [6.07, 6.45) is 0.667. The number of hydrogen-bond acceptors (Lipinski definition) is 2. The van der Waals surface area contributed by atoms with E-state index in [0.717, 1.165) is 5.56 Å². The van der Waals surface area contributed by atoms with Crippen LogP contribution in [0.5, 0.6) is 0 Å². The van der Waals surface area contributed by atoms with Crippen molar-refractivity contribution in [2.24, 2.45) is 0 Å². The molecule has 0 saturated heterocycles. The van der Waals surface area contributed by atoms with Gasteiger partial charge in [0.05, 0.1) is 6.61 Å². The third-order valence-corrected chi connectivity index (χ3v) is 1.52. The number of Topliss-reactive ketones (excluding diaryl/α,β-unsaturated/α-hetero) is 1. The molecule has 0 bridgehead atoms.